The summed E-state index contributed by atoms with van der Waals surface area (Å²) in [4.78, 5) is 14.2. The van der Waals surface area contributed by atoms with Gasteiger partial charge in [-0.05, 0) is 30.4 Å². The Labute approximate surface area is 147 Å². The van der Waals surface area contributed by atoms with E-state index in [-0.39, 0.29) is 6.03 Å². The minimum Gasteiger partial charge on any atom is -0.347 e. The van der Waals surface area contributed by atoms with E-state index in [9.17, 15) is 4.79 Å². The zero-order valence-electron chi connectivity index (χ0n) is 14.4. The summed E-state index contributed by atoms with van der Waals surface area (Å²) in [5.74, 6) is -0.556. The number of amides is 2. The van der Waals surface area contributed by atoms with Crippen molar-refractivity contribution in [2.45, 2.75) is 31.6 Å². The maximum Gasteiger partial charge on any atom is 0.317 e. The van der Waals surface area contributed by atoms with E-state index in [1.807, 2.05) is 4.90 Å². The van der Waals surface area contributed by atoms with Crippen LogP contribution in [0.5, 0.6) is 0 Å². The lowest BCUT2D eigenvalue weighted by molar-refractivity contribution is -0.182. The molecule has 0 radical (unpaired) electrons. The van der Waals surface area contributed by atoms with E-state index in [2.05, 4.69) is 46.4 Å². The Hall–Kier alpha value is -2.05. The molecule has 2 saturated heterocycles. The van der Waals surface area contributed by atoms with Crippen molar-refractivity contribution in [3.63, 3.8) is 0 Å². The fraction of sp³-hybridized carbons (Fsp3) is 0.526. The number of hydrogen-bond donors (Lipinski definition) is 1. The molecule has 0 atom stereocenters. The van der Waals surface area contributed by atoms with Crippen LogP contribution >= 0.6 is 0 Å². The molecule has 6 nitrogen and oxygen atoms in total. The monoisotopic (exact) mass is 343 g/mol. The average Bonchev–Trinajstić information content (AvgIpc) is 3.26. The number of aromatic nitrogens is 1. The molecule has 2 amide bonds. The number of rotatable bonds is 4. The first-order chi connectivity index (χ1) is 12.3. The summed E-state index contributed by atoms with van der Waals surface area (Å²) < 4.78 is 13.7. The quantitative estimate of drug-likeness (QED) is 0.868. The number of carbonyl (C=O) groups excluding carboxylic acids is 1. The molecule has 25 heavy (non-hydrogen) atoms. The lowest BCUT2D eigenvalue weighted by Crippen LogP contribution is -2.53. The molecule has 1 aromatic heterocycles. The first-order valence-electron chi connectivity index (χ1n) is 9.10. The summed E-state index contributed by atoms with van der Waals surface area (Å²) in [5.41, 5.74) is 1.24. The van der Waals surface area contributed by atoms with Crippen molar-refractivity contribution in [1.29, 1.82) is 0 Å². The number of likely N-dealkylation sites (tertiary alicyclic amines) is 1. The van der Waals surface area contributed by atoms with Gasteiger partial charge in [-0.2, -0.15) is 0 Å². The Balaban J connectivity index is 1.25. The third-order valence-electron chi connectivity index (χ3n) is 5.05. The second kappa shape index (κ2) is 7.06. The molecule has 0 bridgehead atoms. The van der Waals surface area contributed by atoms with Gasteiger partial charge in [0.25, 0.3) is 0 Å². The highest BCUT2D eigenvalue weighted by molar-refractivity contribution is 5.79. The van der Waals surface area contributed by atoms with E-state index in [1.54, 1.807) is 0 Å². The highest BCUT2D eigenvalue weighted by atomic mass is 16.7. The zero-order chi connectivity index (χ0) is 17.1. The number of urea groups is 1. The van der Waals surface area contributed by atoms with E-state index < -0.39 is 5.79 Å². The van der Waals surface area contributed by atoms with E-state index in [0.717, 1.165) is 32.4 Å². The molecule has 3 heterocycles. The van der Waals surface area contributed by atoms with Gasteiger partial charge in [-0.3, -0.25) is 0 Å². The van der Waals surface area contributed by atoms with E-state index in [1.165, 1.54) is 10.9 Å². The van der Waals surface area contributed by atoms with Crippen molar-refractivity contribution in [1.82, 2.24) is 14.8 Å². The Kier molecular flexibility index (Phi) is 4.63. The van der Waals surface area contributed by atoms with E-state index >= 15 is 0 Å². The molecule has 2 aliphatic heterocycles. The molecule has 1 spiro atoms. The van der Waals surface area contributed by atoms with Crippen LogP contribution in [0.3, 0.4) is 0 Å². The van der Waals surface area contributed by atoms with Crippen molar-refractivity contribution in [2.24, 2.45) is 0 Å². The van der Waals surface area contributed by atoms with Crippen molar-refractivity contribution in [3.8, 4) is 0 Å². The van der Waals surface area contributed by atoms with Gasteiger partial charge in [0.1, 0.15) is 0 Å². The third-order valence-corrected chi connectivity index (χ3v) is 5.05. The van der Waals surface area contributed by atoms with Gasteiger partial charge in [0.2, 0.25) is 0 Å². The number of nitrogens with one attached hydrogen (secondary N) is 1. The van der Waals surface area contributed by atoms with Crippen LogP contribution in [0, 0.1) is 0 Å². The van der Waals surface area contributed by atoms with Crippen LogP contribution in [0.15, 0.2) is 36.5 Å². The molecule has 1 aromatic carbocycles. The van der Waals surface area contributed by atoms with Crippen LogP contribution in [-0.4, -0.2) is 54.1 Å². The van der Waals surface area contributed by atoms with Crippen LogP contribution in [0.25, 0.3) is 10.9 Å². The largest absolute Gasteiger partial charge is 0.347 e. The molecule has 6 heteroatoms. The second-order valence-corrected chi connectivity index (χ2v) is 6.79. The van der Waals surface area contributed by atoms with Gasteiger partial charge < -0.3 is 24.3 Å². The molecule has 0 aliphatic carbocycles. The highest BCUT2D eigenvalue weighted by Crippen LogP contribution is 2.29. The number of nitrogens with zero attached hydrogens (tertiary/aromatic N) is 2. The van der Waals surface area contributed by atoms with Gasteiger partial charge in [-0.1, -0.05) is 18.2 Å². The summed E-state index contributed by atoms with van der Waals surface area (Å²) in [5, 5.41) is 4.28. The van der Waals surface area contributed by atoms with Gasteiger partial charge >= 0.3 is 6.03 Å². The number of aryl methyl sites for hydroxylation is 1. The summed E-state index contributed by atoms with van der Waals surface area (Å²) in [6.07, 6.45) is 4.80. The molecule has 0 saturated carbocycles. The third kappa shape index (κ3) is 3.50. The first-order valence-corrected chi connectivity index (χ1v) is 9.10. The average molecular weight is 343 g/mol. The highest BCUT2D eigenvalue weighted by Gasteiger charge is 2.41. The Bertz CT molecular complexity index is 736. The fourth-order valence-electron chi connectivity index (χ4n) is 3.79. The Morgan fingerprint density at radius 1 is 1.20 bits per heavy atom. The number of fused-ring (bicyclic) bond motifs is 1. The van der Waals surface area contributed by atoms with Crippen LogP contribution in [0.4, 0.5) is 4.79 Å². The first kappa shape index (κ1) is 16.4. The number of para-hydroxylation sites is 1. The van der Waals surface area contributed by atoms with Gasteiger partial charge in [0.15, 0.2) is 5.79 Å². The van der Waals surface area contributed by atoms with E-state index in [0.29, 0.717) is 26.3 Å². The molecule has 1 N–H and O–H groups in total. The van der Waals surface area contributed by atoms with Crippen molar-refractivity contribution < 1.29 is 14.3 Å². The van der Waals surface area contributed by atoms with Gasteiger partial charge in [-0.25, -0.2) is 4.79 Å². The maximum atomic E-state index is 12.4. The molecule has 4 rings (SSSR count). The predicted molar refractivity (Wildman–Crippen MR) is 95.4 cm³/mol. The standard InChI is InChI=1S/C19H25N3O3/c23-18(22-10-3-8-19(15-22)24-13-14-25-19)20-9-4-11-21-12-7-16-5-1-2-6-17(16)21/h1-2,5-7,12H,3-4,8-11,13-15H2,(H,20,23). The molecule has 2 aromatic rings. The van der Waals surface area contributed by atoms with Crippen molar-refractivity contribution in [3.05, 3.63) is 36.5 Å². The van der Waals surface area contributed by atoms with Crippen LogP contribution in [0.1, 0.15) is 19.3 Å². The number of benzene rings is 1. The van der Waals surface area contributed by atoms with Gasteiger partial charge in [-0.15, -0.1) is 0 Å². The van der Waals surface area contributed by atoms with Crippen molar-refractivity contribution in [2.75, 3.05) is 32.8 Å². The lowest BCUT2D eigenvalue weighted by atomic mass is 10.1. The number of piperidine rings is 1. The Morgan fingerprint density at radius 3 is 2.92 bits per heavy atom. The lowest BCUT2D eigenvalue weighted by Gasteiger charge is -2.38. The number of ether oxygens (including phenoxy) is 2. The van der Waals surface area contributed by atoms with Crippen molar-refractivity contribution >= 4 is 16.9 Å². The number of carbonyl (C=O) groups is 1. The fourth-order valence-corrected chi connectivity index (χ4v) is 3.79. The minimum absolute atomic E-state index is 0.0180. The van der Waals surface area contributed by atoms with Crippen LogP contribution in [-0.2, 0) is 16.0 Å². The normalized spacial score (nSPS) is 19.6. The SMILES string of the molecule is O=C(NCCCn1ccc2ccccc21)N1CCCC2(C1)OCCO2. The summed E-state index contributed by atoms with van der Waals surface area (Å²) >= 11 is 0. The van der Waals surface area contributed by atoms with Crippen LogP contribution < -0.4 is 5.32 Å². The molecule has 2 fully saturated rings. The molecule has 2 aliphatic rings. The Morgan fingerprint density at radius 2 is 2.04 bits per heavy atom. The zero-order valence-corrected chi connectivity index (χ0v) is 14.4. The van der Waals surface area contributed by atoms with E-state index in [4.69, 9.17) is 9.47 Å². The molecule has 0 unspecified atom stereocenters. The second-order valence-electron chi connectivity index (χ2n) is 6.79. The summed E-state index contributed by atoms with van der Waals surface area (Å²) in [7, 11) is 0. The minimum atomic E-state index is -0.556. The van der Waals surface area contributed by atoms with Gasteiger partial charge in [0, 0.05) is 37.8 Å². The maximum absolute atomic E-state index is 12.4. The summed E-state index contributed by atoms with van der Waals surface area (Å²) in [6.45, 7) is 4.10. The molecular weight excluding hydrogens is 318 g/mol. The summed E-state index contributed by atoms with van der Waals surface area (Å²) in [6, 6.07) is 10.5. The molecule has 134 valence electrons. The smallest absolute Gasteiger partial charge is 0.317 e. The molecular formula is C19H25N3O3. The van der Waals surface area contributed by atoms with Crippen LogP contribution in [0.2, 0.25) is 0 Å². The predicted octanol–water partition coefficient (Wildman–Crippen LogP) is 2.58. The number of hydrogen-bond acceptors (Lipinski definition) is 3. The topological polar surface area (TPSA) is 55.7 Å². The van der Waals surface area contributed by atoms with Gasteiger partial charge in [0.05, 0.1) is 19.8 Å².